The van der Waals surface area contributed by atoms with Crippen molar-refractivity contribution in [1.82, 2.24) is 0 Å². The molecule has 4 rings (SSSR count). The molecule has 1 aliphatic rings. The van der Waals surface area contributed by atoms with Gasteiger partial charge in [0.25, 0.3) is 11.7 Å². The molecule has 0 radical (unpaired) electrons. The molecule has 0 bridgehead atoms. The fraction of sp³-hybridized carbons (Fsp3) is 0.0435. The number of ketones is 1. The van der Waals surface area contributed by atoms with Gasteiger partial charge in [0.2, 0.25) is 0 Å². The highest BCUT2D eigenvalue weighted by Gasteiger charge is 2.47. The number of hydrogen-bond acceptors (Lipinski definition) is 4. The van der Waals surface area contributed by atoms with Crippen LogP contribution >= 0.6 is 15.9 Å². The number of carbonyl (C=O) groups is 2. The average molecular weight is 486 g/mol. The van der Waals surface area contributed by atoms with Crippen molar-refractivity contribution in [3.05, 3.63) is 99.5 Å². The van der Waals surface area contributed by atoms with E-state index in [1.165, 1.54) is 24.3 Å². The van der Waals surface area contributed by atoms with Gasteiger partial charge in [-0.3, -0.25) is 14.5 Å². The van der Waals surface area contributed by atoms with Gasteiger partial charge in [-0.05, 0) is 42.0 Å². The first kappa shape index (κ1) is 20.7. The molecule has 156 valence electrons. The summed E-state index contributed by atoms with van der Waals surface area (Å²) in [7, 11) is 0. The molecular weight excluding hydrogens is 472 g/mol. The molecule has 0 aliphatic carbocycles. The summed E-state index contributed by atoms with van der Waals surface area (Å²) in [5, 5.41) is 20.9. The van der Waals surface area contributed by atoms with Gasteiger partial charge in [0.1, 0.15) is 23.1 Å². The fourth-order valence-corrected chi connectivity index (χ4v) is 3.80. The third-order valence-electron chi connectivity index (χ3n) is 4.92. The van der Waals surface area contributed by atoms with Crippen molar-refractivity contribution < 1.29 is 28.6 Å². The van der Waals surface area contributed by atoms with Crippen molar-refractivity contribution in [3.8, 4) is 5.75 Å². The van der Waals surface area contributed by atoms with Gasteiger partial charge >= 0.3 is 0 Å². The Kier molecular flexibility index (Phi) is 5.32. The number of aliphatic hydroxyl groups is 1. The smallest absolute Gasteiger partial charge is 0.300 e. The van der Waals surface area contributed by atoms with Gasteiger partial charge in [0, 0.05) is 16.1 Å². The Labute approximate surface area is 184 Å². The summed E-state index contributed by atoms with van der Waals surface area (Å²) in [6, 6.07) is 13.5. The maximum atomic E-state index is 14.6. The van der Waals surface area contributed by atoms with E-state index < -0.39 is 35.1 Å². The standard InChI is InChI=1S/C23H14BrF2NO4/c24-14-6-4-12(5-7-14)21(29)19-20(13-2-1-3-16(28)10-13)27(23(31)22(19)30)18-9-8-15(25)11-17(18)26/h1-11,20,28-29H/b21-19+. The Bertz CT molecular complexity index is 1240. The van der Waals surface area contributed by atoms with Crippen LogP contribution in [0.15, 0.2) is 76.8 Å². The van der Waals surface area contributed by atoms with Gasteiger partial charge in [-0.15, -0.1) is 0 Å². The minimum Gasteiger partial charge on any atom is -0.508 e. The number of anilines is 1. The van der Waals surface area contributed by atoms with E-state index in [2.05, 4.69) is 15.9 Å². The second kappa shape index (κ2) is 7.96. The molecule has 1 aliphatic heterocycles. The lowest BCUT2D eigenvalue weighted by molar-refractivity contribution is -0.132. The molecule has 8 heteroatoms. The van der Waals surface area contributed by atoms with E-state index in [1.807, 2.05) is 0 Å². The number of nitrogens with zero attached hydrogens (tertiary/aromatic N) is 1. The average Bonchev–Trinajstić information content (AvgIpc) is 2.99. The van der Waals surface area contributed by atoms with Crippen molar-refractivity contribution >= 4 is 39.1 Å². The Morgan fingerprint density at radius 3 is 2.32 bits per heavy atom. The number of halogens is 3. The minimum atomic E-state index is -1.24. The van der Waals surface area contributed by atoms with Crippen LogP contribution in [-0.2, 0) is 9.59 Å². The zero-order valence-corrected chi connectivity index (χ0v) is 17.3. The Hall–Kier alpha value is -3.52. The van der Waals surface area contributed by atoms with Crippen molar-refractivity contribution in [2.45, 2.75) is 6.04 Å². The first-order chi connectivity index (χ1) is 14.8. The number of Topliss-reactive ketones (excluding diaryl/α,β-unsaturated/α-hetero) is 1. The maximum Gasteiger partial charge on any atom is 0.300 e. The van der Waals surface area contributed by atoms with E-state index in [1.54, 1.807) is 24.3 Å². The highest BCUT2D eigenvalue weighted by molar-refractivity contribution is 9.10. The van der Waals surface area contributed by atoms with E-state index in [0.29, 0.717) is 6.07 Å². The summed E-state index contributed by atoms with van der Waals surface area (Å²) in [5.41, 5.74) is -0.0686. The van der Waals surface area contributed by atoms with E-state index >= 15 is 0 Å². The predicted molar refractivity (Wildman–Crippen MR) is 113 cm³/mol. The molecule has 5 nitrogen and oxygen atoms in total. The molecule has 1 saturated heterocycles. The van der Waals surface area contributed by atoms with E-state index in [0.717, 1.165) is 21.5 Å². The molecule has 31 heavy (non-hydrogen) atoms. The van der Waals surface area contributed by atoms with Crippen LogP contribution in [0, 0.1) is 11.6 Å². The summed E-state index contributed by atoms with van der Waals surface area (Å²) in [4.78, 5) is 26.7. The van der Waals surface area contributed by atoms with E-state index in [4.69, 9.17) is 0 Å². The van der Waals surface area contributed by atoms with Crippen LogP contribution < -0.4 is 4.90 Å². The van der Waals surface area contributed by atoms with Crippen molar-refractivity contribution in [2.75, 3.05) is 4.90 Å². The molecule has 0 saturated carbocycles. The quantitative estimate of drug-likeness (QED) is 0.308. The van der Waals surface area contributed by atoms with Crippen molar-refractivity contribution in [1.29, 1.82) is 0 Å². The fourth-order valence-electron chi connectivity index (χ4n) is 3.53. The number of rotatable bonds is 3. The van der Waals surface area contributed by atoms with E-state index in [9.17, 15) is 28.6 Å². The number of amides is 1. The SMILES string of the molecule is O=C1C(=O)N(c2ccc(F)cc2F)C(c2cccc(O)c2)/C1=C(\O)c1ccc(Br)cc1. The van der Waals surface area contributed by atoms with Crippen LogP contribution in [0.1, 0.15) is 17.2 Å². The summed E-state index contributed by atoms with van der Waals surface area (Å²) >= 11 is 3.28. The number of phenols is 1. The lowest BCUT2D eigenvalue weighted by atomic mass is 9.95. The van der Waals surface area contributed by atoms with Gasteiger partial charge in [-0.2, -0.15) is 0 Å². The number of aliphatic hydroxyl groups excluding tert-OH is 1. The normalized spacial score (nSPS) is 17.9. The number of hydrogen-bond donors (Lipinski definition) is 2. The molecule has 3 aromatic carbocycles. The molecule has 1 amide bonds. The number of phenolic OH excluding ortho intramolecular Hbond substituents is 1. The summed E-state index contributed by atoms with van der Waals surface area (Å²) in [6.07, 6.45) is 0. The molecule has 1 unspecified atom stereocenters. The molecule has 3 aromatic rings. The molecular formula is C23H14BrF2NO4. The van der Waals surface area contributed by atoms with Crippen LogP contribution in [0.3, 0.4) is 0 Å². The molecule has 0 spiro atoms. The number of benzene rings is 3. The van der Waals surface area contributed by atoms with Crippen LogP contribution in [0.4, 0.5) is 14.5 Å². The van der Waals surface area contributed by atoms with Gasteiger partial charge in [0.15, 0.2) is 0 Å². The zero-order valence-electron chi connectivity index (χ0n) is 15.7. The maximum absolute atomic E-state index is 14.6. The lowest BCUT2D eigenvalue weighted by Crippen LogP contribution is -2.30. The molecule has 1 heterocycles. The van der Waals surface area contributed by atoms with Crippen LogP contribution in [-0.4, -0.2) is 21.9 Å². The molecule has 0 aromatic heterocycles. The van der Waals surface area contributed by atoms with Gasteiger partial charge < -0.3 is 10.2 Å². The number of aromatic hydroxyl groups is 1. The zero-order chi connectivity index (χ0) is 22.3. The Balaban J connectivity index is 1.98. The highest BCUT2D eigenvalue weighted by atomic mass is 79.9. The molecule has 1 atom stereocenters. The van der Waals surface area contributed by atoms with Gasteiger partial charge in [-0.1, -0.05) is 40.2 Å². The van der Waals surface area contributed by atoms with E-state index in [-0.39, 0.29) is 28.1 Å². The first-order valence-corrected chi connectivity index (χ1v) is 9.88. The van der Waals surface area contributed by atoms with Gasteiger partial charge in [-0.25, -0.2) is 8.78 Å². The minimum absolute atomic E-state index is 0.147. The number of carbonyl (C=O) groups excluding carboxylic acids is 2. The largest absolute Gasteiger partial charge is 0.508 e. The highest BCUT2D eigenvalue weighted by Crippen LogP contribution is 2.43. The summed E-state index contributed by atoms with van der Waals surface area (Å²) < 4.78 is 28.8. The molecule has 2 N–H and O–H groups in total. The Morgan fingerprint density at radius 1 is 0.968 bits per heavy atom. The third-order valence-corrected chi connectivity index (χ3v) is 5.45. The third kappa shape index (κ3) is 3.70. The van der Waals surface area contributed by atoms with Crippen LogP contribution in [0.2, 0.25) is 0 Å². The van der Waals surface area contributed by atoms with Crippen molar-refractivity contribution in [2.24, 2.45) is 0 Å². The van der Waals surface area contributed by atoms with Gasteiger partial charge in [0.05, 0.1) is 17.3 Å². The predicted octanol–water partition coefficient (Wildman–Crippen LogP) is 5.06. The monoisotopic (exact) mass is 485 g/mol. The molecule has 1 fully saturated rings. The first-order valence-electron chi connectivity index (χ1n) is 9.09. The second-order valence-electron chi connectivity index (χ2n) is 6.87. The second-order valence-corrected chi connectivity index (χ2v) is 7.78. The summed E-state index contributed by atoms with van der Waals surface area (Å²) in [5.74, 6) is -4.61. The van der Waals surface area contributed by atoms with Crippen molar-refractivity contribution in [3.63, 3.8) is 0 Å². The lowest BCUT2D eigenvalue weighted by Gasteiger charge is -2.25. The van der Waals surface area contributed by atoms with Crippen LogP contribution in [0.25, 0.3) is 5.76 Å². The Morgan fingerprint density at radius 2 is 1.68 bits per heavy atom. The van der Waals surface area contributed by atoms with Crippen LogP contribution in [0.5, 0.6) is 5.75 Å². The summed E-state index contributed by atoms with van der Waals surface area (Å²) in [6.45, 7) is 0. The topological polar surface area (TPSA) is 77.8 Å².